The minimum atomic E-state index is -0.400. The fourth-order valence-electron chi connectivity index (χ4n) is 4.71. The standard InChI is InChI=1S/C26H38FN5O3/c1-19(2)15-30-10-6-12-31(26(34)23-17-29(4)28-20(23)3)16-21-14-22(27)8-9-24(21)32(13-7-11-30)25(33)18-35-5/h8-9,14,17,19H,6-7,10-13,15-16,18H2,1-5H3. The summed E-state index contributed by atoms with van der Waals surface area (Å²) in [5.74, 6) is -0.224. The number of carbonyl (C=O) groups is 2. The molecule has 2 aromatic rings. The van der Waals surface area contributed by atoms with Crippen LogP contribution in [0.25, 0.3) is 0 Å². The predicted molar refractivity (Wildman–Crippen MR) is 134 cm³/mol. The third-order valence-electron chi connectivity index (χ3n) is 6.18. The van der Waals surface area contributed by atoms with Crippen molar-refractivity contribution in [1.82, 2.24) is 19.6 Å². The molecule has 2 amide bonds. The van der Waals surface area contributed by atoms with Crippen LogP contribution in [0.15, 0.2) is 24.4 Å². The summed E-state index contributed by atoms with van der Waals surface area (Å²) >= 11 is 0. The molecule has 0 radical (unpaired) electrons. The van der Waals surface area contributed by atoms with Crippen molar-refractivity contribution in [2.75, 3.05) is 51.3 Å². The summed E-state index contributed by atoms with van der Waals surface area (Å²) in [6.45, 7) is 9.96. The molecule has 192 valence electrons. The first-order valence-electron chi connectivity index (χ1n) is 12.3. The van der Waals surface area contributed by atoms with Crippen molar-refractivity contribution in [3.8, 4) is 0 Å². The number of aryl methyl sites for hydroxylation is 2. The summed E-state index contributed by atoms with van der Waals surface area (Å²) in [5, 5.41) is 4.32. The highest BCUT2D eigenvalue weighted by Gasteiger charge is 2.25. The summed E-state index contributed by atoms with van der Waals surface area (Å²) in [6.07, 6.45) is 3.31. The van der Waals surface area contributed by atoms with Gasteiger partial charge in [0.05, 0.1) is 11.3 Å². The number of carbonyl (C=O) groups excluding carboxylic acids is 2. The van der Waals surface area contributed by atoms with E-state index in [-0.39, 0.29) is 25.0 Å². The zero-order valence-corrected chi connectivity index (χ0v) is 21.6. The van der Waals surface area contributed by atoms with E-state index in [1.807, 2.05) is 6.92 Å². The highest BCUT2D eigenvalue weighted by atomic mass is 19.1. The number of aromatic nitrogens is 2. The fourth-order valence-corrected chi connectivity index (χ4v) is 4.71. The lowest BCUT2D eigenvalue weighted by molar-refractivity contribution is -0.122. The number of methoxy groups -OCH3 is 1. The molecule has 1 aromatic carbocycles. The minimum Gasteiger partial charge on any atom is -0.375 e. The molecule has 0 aliphatic carbocycles. The first-order valence-corrected chi connectivity index (χ1v) is 12.3. The van der Waals surface area contributed by atoms with Gasteiger partial charge in [0, 0.05) is 52.2 Å². The van der Waals surface area contributed by atoms with Crippen LogP contribution < -0.4 is 4.90 Å². The van der Waals surface area contributed by atoms with E-state index in [0.29, 0.717) is 41.5 Å². The van der Waals surface area contributed by atoms with E-state index < -0.39 is 5.82 Å². The Kier molecular flexibility index (Phi) is 9.40. The van der Waals surface area contributed by atoms with Crippen LogP contribution in [-0.4, -0.2) is 77.8 Å². The molecule has 1 aliphatic heterocycles. The van der Waals surface area contributed by atoms with Crippen LogP contribution in [0, 0.1) is 18.7 Å². The monoisotopic (exact) mass is 487 g/mol. The average Bonchev–Trinajstić information content (AvgIpc) is 3.12. The van der Waals surface area contributed by atoms with Crippen molar-refractivity contribution in [2.24, 2.45) is 13.0 Å². The Morgan fingerprint density at radius 3 is 2.49 bits per heavy atom. The van der Waals surface area contributed by atoms with Crippen LogP contribution in [0.3, 0.4) is 0 Å². The third kappa shape index (κ3) is 7.11. The van der Waals surface area contributed by atoms with Gasteiger partial charge in [-0.15, -0.1) is 0 Å². The molecule has 1 aliphatic rings. The highest BCUT2D eigenvalue weighted by Crippen LogP contribution is 2.26. The number of hydrogen-bond acceptors (Lipinski definition) is 5. The Balaban J connectivity index is 2.01. The van der Waals surface area contributed by atoms with Gasteiger partial charge in [0.25, 0.3) is 11.8 Å². The number of hydrogen-bond donors (Lipinski definition) is 0. The molecule has 2 heterocycles. The lowest BCUT2D eigenvalue weighted by atomic mass is 10.1. The average molecular weight is 488 g/mol. The first-order chi connectivity index (χ1) is 16.7. The van der Waals surface area contributed by atoms with E-state index in [1.54, 1.807) is 33.8 Å². The molecular formula is C26H38FN5O3. The second-order valence-corrected chi connectivity index (χ2v) is 9.68. The highest BCUT2D eigenvalue weighted by molar-refractivity contribution is 5.96. The summed E-state index contributed by atoms with van der Waals surface area (Å²) in [5.41, 5.74) is 2.40. The topological polar surface area (TPSA) is 70.9 Å². The van der Waals surface area contributed by atoms with Gasteiger partial charge in [0.15, 0.2) is 0 Å². The number of rotatable bonds is 5. The summed E-state index contributed by atoms with van der Waals surface area (Å²) in [4.78, 5) is 32.4. The first kappa shape index (κ1) is 26.8. The molecule has 9 heteroatoms. The number of nitrogens with zero attached hydrogens (tertiary/aromatic N) is 5. The molecule has 8 nitrogen and oxygen atoms in total. The molecular weight excluding hydrogens is 449 g/mol. The maximum absolute atomic E-state index is 14.4. The second kappa shape index (κ2) is 12.3. The van der Waals surface area contributed by atoms with E-state index in [1.165, 1.54) is 19.2 Å². The summed E-state index contributed by atoms with van der Waals surface area (Å²) in [7, 11) is 3.27. The van der Waals surface area contributed by atoms with Crippen molar-refractivity contribution in [1.29, 1.82) is 0 Å². The molecule has 0 spiro atoms. The number of benzene rings is 1. The molecule has 35 heavy (non-hydrogen) atoms. The zero-order valence-electron chi connectivity index (χ0n) is 21.6. The van der Waals surface area contributed by atoms with Crippen molar-refractivity contribution < 1.29 is 18.7 Å². The predicted octanol–water partition coefficient (Wildman–Crippen LogP) is 3.24. The van der Waals surface area contributed by atoms with Crippen LogP contribution in [0.2, 0.25) is 0 Å². The Bertz CT molecular complexity index is 1020. The zero-order chi connectivity index (χ0) is 25.5. The minimum absolute atomic E-state index is 0.0654. The maximum atomic E-state index is 14.4. The second-order valence-electron chi connectivity index (χ2n) is 9.68. The Morgan fingerprint density at radius 2 is 1.86 bits per heavy atom. The van der Waals surface area contributed by atoms with Gasteiger partial charge in [-0.3, -0.25) is 14.3 Å². The quantitative estimate of drug-likeness (QED) is 0.648. The van der Waals surface area contributed by atoms with Gasteiger partial charge in [0.1, 0.15) is 12.4 Å². The molecule has 0 N–H and O–H groups in total. The molecule has 0 unspecified atom stereocenters. The van der Waals surface area contributed by atoms with Crippen LogP contribution >= 0.6 is 0 Å². The lowest BCUT2D eigenvalue weighted by Crippen LogP contribution is -2.40. The molecule has 0 saturated carbocycles. The number of ether oxygens (including phenoxy) is 1. The SMILES string of the molecule is COCC(=O)N1CCCN(CC(C)C)CCCN(C(=O)c2cn(C)nc2C)Cc2cc(F)ccc21. The summed E-state index contributed by atoms with van der Waals surface area (Å²) in [6, 6.07) is 4.42. The van der Waals surface area contributed by atoms with Crippen LogP contribution in [0.4, 0.5) is 10.1 Å². The molecule has 0 bridgehead atoms. The van der Waals surface area contributed by atoms with Gasteiger partial charge in [-0.05, 0) is 62.5 Å². The normalized spacial score (nSPS) is 16.1. The van der Waals surface area contributed by atoms with Gasteiger partial charge in [-0.2, -0.15) is 5.10 Å². The molecule has 0 atom stereocenters. The van der Waals surface area contributed by atoms with Gasteiger partial charge >= 0.3 is 0 Å². The van der Waals surface area contributed by atoms with Crippen LogP contribution in [0.5, 0.6) is 0 Å². The fraction of sp³-hybridized carbons (Fsp3) is 0.577. The summed E-state index contributed by atoms with van der Waals surface area (Å²) < 4.78 is 21.1. The van der Waals surface area contributed by atoms with E-state index in [4.69, 9.17) is 4.74 Å². The van der Waals surface area contributed by atoms with Gasteiger partial charge < -0.3 is 19.4 Å². The van der Waals surface area contributed by atoms with Crippen LogP contribution in [0.1, 0.15) is 48.3 Å². The van der Waals surface area contributed by atoms with Crippen molar-refractivity contribution in [2.45, 2.75) is 40.2 Å². The Morgan fingerprint density at radius 1 is 1.14 bits per heavy atom. The molecule has 3 rings (SSSR count). The molecule has 0 fully saturated rings. The number of fused-ring (bicyclic) bond motifs is 1. The van der Waals surface area contributed by atoms with Crippen molar-refractivity contribution >= 4 is 17.5 Å². The number of anilines is 1. The van der Waals surface area contributed by atoms with E-state index in [2.05, 4.69) is 23.8 Å². The van der Waals surface area contributed by atoms with Crippen LogP contribution in [-0.2, 0) is 23.1 Å². The van der Waals surface area contributed by atoms with Gasteiger partial charge in [-0.25, -0.2) is 4.39 Å². The number of amides is 2. The smallest absolute Gasteiger partial charge is 0.257 e. The van der Waals surface area contributed by atoms with Crippen molar-refractivity contribution in [3.63, 3.8) is 0 Å². The maximum Gasteiger partial charge on any atom is 0.257 e. The largest absolute Gasteiger partial charge is 0.375 e. The lowest BCUT2D eigenvalue weighted by Gasteiger charge is -2.32. The number of halogens is 1. The van der Waals surface area contributed by atoms with Gasteiger partial charge in [0.2, 0.25) is 0 Å². The van der Waals surface area contributed by atoms with Gasteiger partial charge in [-0.1, -0.05) is 13.8 Å². The Hall–Kier alpha value is -2.78. The van der Waals surface area contributed by atoms with Crippen molar-refractivity contribution in [3.05, 3.63) is 47.0 Å². The van der Waals surface area contributed by atoms with E-state index in [9.17, 15) is 14.0 Å². The third-order valence-corrected chi connectivity index (χ3v) is 6.18. The van der Waals surface area contributed by atoms with E-state index in [0.717, 1.165) is 32.5 Å². The Labute approximate surface area is 207 Å². The molecule has 0 saturated heterocycles. The molecule has 1 aromatic heterocycles. The van der Waals surface area contributed by atoms with E-state index >= 15 is 0 Å².